The second-order valence-corrected chi connectivity index (χ2v) is 5.91. The summed E-state index contributed by atoms with van der Waals surface area (Å²) in [4.78, 5) is 6.70. The average molecular weight is 365 g/mol. The molecule has 0 saturated carbocycles. The van der Waals surface area contributed by atoms with Crippen LogP contribution in [-0.4, -0.2) is 35.9 Å². The van der Waals surface area contributed by atoms with Gasteiger partial charge in [0, 0.05) is 18.3 Å². The summed E-state index contributed by atoms with van der Waals surface area (Å²) in [6.07, 6.45) is 1.65. The quantitative estimate of drug-likeness (QED) is 0.676. The minimum absolute atomic E-state index is 0.380. The Morgan fingerprint density at radius 3 is 2.63 bits per heavy atom. The van der Waals surface area contributed by atoms with Gasteiger partial charge in [0.15, 0.2) is 5.82 Å². The van der Waals surface area contributed by atoms with E-state index < -0.39 is 0 Å². The minimum atomic E-state index is 0.380. The fourth-order valence-corrected chi connectivity index (χ4v) is 2.78. The lowest BCUT2D eigenvalue weighted by atomic mass is 10.2. The summed E-state index contributed by atoms with van der Waals surface area (Å²) in [6, 6.07) is 13.7. The van der Waals surface area contributed by atoms with Crippen LogP contribution in [0.25, 0.3) is 0 Å². The highest BCUT2D eigenvalue weighted by atomic mass is 16.5. The molecule has 0 spiro atoms. The molecule has 140 valence electrons. The van der Waals surface area contributed by atoms with Crippen LogP contribution in [0.5, 0.6) is 11.5 Å². The Morgan fingerprint density at radius 2 is 1.93 bits per heavy atom. The van der Waals surface area contributed by atoms with Crippen molar-refractivity contribution in [3.05, 3.63) is 54.2 Å². The third-order valence-corrected chi connectivity index (χ3v) is 4.11. The highest BCUT2D eigenvalue weighted by molar-refractivity contribution is 5.66. The maximum Gasteiger partial charge on any atom is 0.249 e. The van der Waals surface area contributed by atoms with Gasteiger partial charge >= 0.3 is 0 Å². The number of rotatable bonds is 7. The number of benzene rings is 2. The van der Waals surface area contributed by atoms with Crippen LogP contribution in [0.15, 0.2) is 48.7 Å². The van der Waals surface area contributed by atoms with Crippen molar-refractivity contribution in [1.29, 1.82) is 0 Å². The molecule has 3 rings (SSSR count). The van der Waals surface area contributed by atoms with Gasteiger partial charge in [-0.2, -0.15) is 10.1 Å². The summed E-state index contributed by atoms with van der Waals surface area (Å²) in [5.74, 6) is 2.46. The molecular weight excluding hydrogens is 342 g/mol. The number of anilines is 4. The zero-order chi connectivity index (χ0) is 19.2. The van der Waals surface area contributed by atoms with Crippen molar-refractivity contribution in [1.82, 2.24) is 15.2 Å². The van der Waals surface area contributed by atoms with E-state index in [1.807, 2.05) is 24.3 Å². The Bertz CT molecular complexity index is 916. The van der Waals surface area contributed by atoms with Crippen LogP contribution in [0, 0.1) is 6.92 Å². The van der Waals surface area contributed by atoms with Crippen LogP contribution in [-0.2, 0) is 0 Å². The van der Waals surface area contributed by atoms with E-state index in [2.05, 4.69) is 57.4 Å². The van der Waals surface area contributed by atoms with Gasteiger partial charge in [-0.3, -0.25) is 0 Å². The average Bonchev–Trinajstić information content (AvgIpc) is 2.69. The lowest BCUT2D eigenvalue weighted by Crippen LogP contribution is -2.18. The van der Waals surface area contributed by atoms with E-state index in [-0.39, 0.29) is 0 Å². The molecule has 0 atom stereocenters. The van der Waals surface area contributed by atoms with Crippen molar-refractivity contribution < 1.29 is 9.47 Å². The van der Waals surface area contributed by atoms with Crippen LogP contribution in [0.4, 0.5) is 23.1 Å². The van der Waals surface area contributed by atoms with Gasteiger partial charge in [-0.15, -0.1) is 5.10 Å². The summed E-state index contributed by atoms with van der Waals surface area (Å²) in [6.45, 7) is 4.89. The van der Waals surface area contributed by atoms with E-state index in [9.17, 15) is 0 Å². The largest absolute Gasteiger partial charge is 0.497 e. The van der Waals surface area contributed by atoms with E-state index in [4.69, 9.17) is 9.47 Å². The number of ether oxygens (including phenoxy) is 2. The maximum absolute atomic E-state index is 5.39. The molecule has 1 N–H and O–H groups in total. The number of hydrogen-bond donors (Lipinski definition) is 1. The molecule has 0 amide bonds. The van der Waals surface area contributed by atoms with Crippen LogP contribution in [0.1, 0.15) is 12.5 Å². The molecule has 0 bridgehead atoms. The topological polar surface area (TPSA) is 72.4 Å². The Hall–Kier alpha value is -3.35. The first-order chi connectivity index (χ1) is 13.1. The molecule has 1 heterocycles. The molecule has 0 saturated heterocycles. The van der Waals surface area contributed by atoms with Crippen molar-refractivity contribution in [2.24, 2.45) is 0 Å². The predicted molar refractivity (Wildman–Crippen MR) is 107 cm³/mol. The van der Waals surface area contributed by atoms with Crippen LogP contribution < -0.4 is 19.7 Å². The third kappa shape index (κ3) is 4.25. The third-order valence-electron chi connectivity index (χ3n) is 4.11. The lowest BCUT2D eigenvalue weighted by molar-refractivity contribution is 0.405. The monoisotopic (exact) mass is 365 g/mol. The first kappa shape index (κ1) is 18.4. The molecule has 7 nitrogen and oxygen atoms in total. The predicted octanol–water partition coefficient (Wildman–Crippen LogP) is 4.10. The second-order valence-electron chi connectivity index (χ2n) is 5.91. The number of methoxy groups -OCH3 is 2. The van der Waals surface area contributed by atoms with E-state index >= 15 is 0 Å². The van der Waals surface area contributed by atoms with Gasteiger partial charge in [-0.05, 0) is 43.7 Å². The Labute approximate surface area is 159 Å². The molecule has 7 heteroatoms. The van der Waals surface area contributed by atoms with Crippen LogP contribution in [0.2, 0.25) is 0 Å². The Morgan fingerprint density at radius 1 is 1.07 bits per heavy atom. The molecule has 0 fully saturated rings. The number of nitrogens with one attached hydrogen (secondary N) is 1. The molecule has 3 aromatic rings. The van der Waals surface area contributed by atoms with Crippen molar-refractivity contribution in [3.8, 4) is 11.5 Å². The number of aryl methyl sites for hydroxylation is 1. The molecular formula is C20H23N5O2. The van der Waals surface area contributed by atoms with E-state index in [1.165, 1.54) is 5.56 Å². The van der Waals surface area contributed by atoms with Crippen molar-refractivity contribution >= 4 is 23.1 Å². The van der Waals surface area contributed by atoms with Gasteiger partial charge in [0.2, 0.25) is 5.95 Å². The fourth-order valence-electron chi connectivity index (χ4n) is 2.78. The molecule has 0 radical (unpaired) electrons. The molecule has 0 unspecified atom stereocenters. The lowest BCUT2D eigenvalue weighted by Gasteiger charge is -2.22. The Balaban J connectivity index is 1.91. The van der Waals surface area contributed by atoms with E-state index in [0.29, 0.717) is 29.0 Å². The van der Waals surface area contributed by atoms with Crippen LogP contribution >= 0.6 is 0 Å². The number of nitrogens with zero attached hydrogens (tertiary/aromatic N) is 4. The molecule has 0 aliphatic rings. The second kappa shape index (κ2) is 8.35. The standard InChI is InChI=1S/C20H23N5O2/c1-5-25(15-8-6-7-14(2)11-15)19-13-21-24-20(23-19)22-17-12-16(26-3)9-10-18(17)27-4/h6-13H,5H2,1-4H3,(H,22,23,24). The highest BCUT2D eigenvalue weighted by Gasteiger charge is 2.13. The smallest absolute Gasteiger partial charge is 0.249 e. The Kier molecular flexibility index (Phi) is 5.71. The van der Waals surface area contributed by atoms with Gasteiger partial charge < -0.3 is 19.7 Å². The van der Waals surface area contributed by atoms with Gasteiger partial charge in [0.1, 0.15) is 11.5 Å². The number of hydrogen-bond acceptors (Lipinski definition) is 7. The first-order valence-electron chi connectivity index (χ1n) is 8.67. The molecule has 1 aromatic heterocycles. The first-order valence-corrected chi connectivity index (χ1v) is 8.67. The maximum atomic E-state index is 5.39. The van der Waals surface area contributed by atoms with Gasteiger partial charge in [0.25, 0.3) is 0 Å². The summed E-state index contributed by atoms with van der Waals surface area (Å²) in [5.41, 5.74) is 2.95. The number of aromatic nitrogens is 3. The fraction of sp³-hybridized carbons (Fsp3) is 0.250. The van der Waals surface area contributed by atoms with Gasteiger partial charge in [0.05, 0.1) is 26.1 Å². The minimum Gasteiger partial charge on any atom is -0.497 e. The zero-order valence-corrected chi connectivity index (χ0v) is 15.9. The summed E-state index contributed by atoms with van der Waals surface area (Å²) < 4.78 is 10.7. The van der Waals surface area contributed by atoms with Gasteiger partial charge in [-0.1, -0.05) is 12.1 Å². The summed E-state index contributed by atoms with van der Waals surface area (Å²) >= 11 is 0. The SMILES string of the molecule is CCN(c1cccc(C)c1)c1cnnc(Nc2cc(OC)ccc2OC)n1. The summed E-state index contributed by atoms with van der Waals surface area (Å²) in [5, 5.41) is 11.4. The zero-order valence-electron chi connectivity index (χ0n) is 15.9. The molecule has 27 heavy (non-hydrogen) atoms. The van der Waals surface area contributed by atoms with Crippen LogP contribution in [0.3, 0.4) is 0 Å². The van der Waals surface area contributed by atoms with Crippen molar-refractivity contribution in [2.45, 2.75) is 13.8 Å². The van der Waals surface area contributed by atoms with E-state index in [1.54, 1.807) is 20.4 Å². The normalized spacial score (nSPS) is 10.4. The molecule has 0 aliphatic carbocycles. The van der Waals surface area contributed by atoms with Crippen molar-refractivity contribution in [3.63, 3.8) is 0 Å². The molecule has 2 aromatic carbocycles. The summed E-state index contributed by atoms with van der Waals surface area (Å²) in [7, 11) is 3.23. The highest BCUT2D eigenvalue weighted by Crippen LogP contribution is 2.31. The van der Waals surface area contributed by atoms with E-state index in [0.717, 1.165) is 12.2 Å². The molecule has 0 aliphatic heterocycles. The van der Waals surface area contributed by atoms with Crippen molar-refractivity contribution in [2.75, 3.05) is 31.0 Å². The van der Waals surface area contributed by atoms with Gasteiger partial charge in [-0.25, -0.2) is 0 Å².